The Morgan fingerprint density at radius 3 is 2.67 bits per heavy atom. The van der Waals surface area contributed by atoms with Crippen molar-refractivity contribution in [1.82, 2.24) is 4.98 Å². The maximum atomic E-state index is 12.9. The van der Waals surface area contributed by atoms with Crippen molar-refractivity contribution in [2.45, 2.75) is 6.42 Å². The normalized spacial score (nSPS) is 14.1. The highest BCUT2D eigenvalue weighted by Gasteiger charge is 2.21. The number of carbonyl (C=O) groups excluding carboxylic acids is 1. The largest absolute Gasteiger partial charge is 0.294 e. The fraction of sp³-hybridized carbons (Fsp3) is 0.0714. The van der Waals surface area contributed by atoms with Crippen LogP contribution in [0.3, 0.4) is 0 Å². The molecule has 0 bridgehead atoms. The minimum atomic E-state index is -0.306. The van der Waals surface area contributed by atoms with Crippen molar-refractivity contribution in [2.75, 3.05) is 0 Å². The minimum Gasteiger partial charge on any atom is -0.294 e. The van der Waals surface area contributed by atoms with Crippen LogP contribution in [0.25, 0.3) is 0 Å². The van der Waals surface area contributed by atoms with Crippen molar-refractivity contribution < 1.29 is 9.18 Å². The molecule has 3 nitrogen and oxygen atoms in total. The number of halogens is 1. The molecular weight excluding hydrogens is 231 g/mol. The Kier molecular flexibility index (Phi) is 2.48. The molecule has 0 spiro atoms. The summed E-state index contributed by atoms with van der Waals surface area (Å²) in [5.41, 5.74) is 1.93. The fourth-order valence-corrected chi connectivity index (χ4v) is 1.93. The van der Waals surface area contributed by atoms with Crippen molar-refractivity contribution in [3.05, 3.63) is 59.5 Å². The second kappa shape index (κ2) is 4.14. The number of carbonyl (C=O) groups is 1. The molecule has 3 rings (SSSR count). The van der Waals surface area contributed by atoms with Gasteiger partial charge < -0.3 is 0 Å². The Balaban J connectivity index is 2.08. The summed E-state index contributed by atoms with van der Waals surface area (Å²) < 4.78 is 12.9. The van der Waals surface area contributed by atoms with Crippen molar-refractivity contribution >= 4 is 17.3 Å². The van der Waals surface area contributed by atoms with Gasteiger partial charge in [-0.15, -0.1) is 0 Å². The number of hydrogen-bond donors (Lipinski definition) is 0. The summed E-state index contributed by atoms with van der Waals surface area (Å²) in [6, 6.07) is 9.39. The van der Waals surface area contributed by atoms with E-state index in [9.17, 15) is 9.18 Å². The molecule has 1 aromatic carbocycles. The molecule has 0 N–H and O–H groups in total. The van der Waals surface area contributed by atoms with Gasteiger partial charge in [-0.2, -0.15) is 0 Å². The molecule has 2 heterocycles. The van der Waals surface area contributed by atoms with Crippen LogP contribution in [0.4, 0.5) is 10.2 Å². The fourth-order valence-electron chi connectivity index (χ4n) is 1.93. The standard InChI is InChI=1S/C14H9FN2O/c15-10-5-3-9(4-6-10)12-8-13(18)11-2-1-7-16-14(11)17-12/h1-7H,8H2. The van der Waals surface area contributed by atoms with E-state index in [1.165, 1.54) is 12.1 Å². The summed E-state index contributed by atoms with van der Waals surface area (Å²) in [6.07, 6.45) is 1.83. The summed E-state index contributed by atoms with van der Waals surface area (Å²) in [5, 5.41) is 0. The number of benzene rings is 1. The Morgan fingerprint density at radius 1 is 1.11 bits per heavy atom. The first-order valence-corrected chi connectivity index (χ1v) is 5.56. The van der Waals surface area contributed by atoms with Crippen molar-refractivity contribution in [2.24, 2.45) is 4.99 Å². The van der Waals surface area contributed by atoms with Gasteiger partial charge in [-0.1, -0.05) is 12.1 Å². The molecule has 0 radical (unpaired) electrons. The number of rotatable bonds is 1. The van der Waals surface area contributed by atoms with Gasteiger partial charge in [-0.05, 0) is 29.8 Å². The highest BCUT2D eigenvalue weighted by molar-refractivity contribution is 6.20. The Bertz CT molecular complexity index is 647. The molecule has 0 saturated carbocycles. The van der Waals surface area contributed by atoms with Gasteiger partial charge in [-0.25, -0.2) is 14.4 Å². The average molecular weight is 240 g/mol. The molecular formula is C14H9FN2O. The Hall–Kier alpha value is -2.36. The highest BCUT2D eigenvalue weighted by atomic mass is 19.1. The van der Waals surface area contributed by atoms with Crippen LogP contribution in [-0.2, 0) is 0 Å². The monoisotopic (exact) mass is 240 g/mol. The van der Waals surface area contributed by atoms with Gasteiger partial charge in [0, 0.05) is 6.20 Å². The molecule has 18 heavy (non-hydrogen) atoms. The molecule has 0 saturated heterocycles. The molecule has 0 atom stereocenters. The molecule has 88 valence electrons. The number of ketones is 1. The van der Waals surface area contributed by atoms with Gasteiger partial charge >= 0.3 is 0 Å². The van der Waals surface area contributed by atoms with Crippen LogP contribution in [0.2, 0.25) is 0 Å². The first kappa shape index (κ1) is 10.8. The molecule has 0 amide bonds. The van der Waals surface area contributed by atoms with Crippen LogP contribution in [0.5, 0.6) is 0 Å². The van der Waals surface area contributed by atoms with E-state index in [2.05, 4.69) is 9.98 Å². The molecule has 1 aliphatic rings. The number of aliphatic imine (C=N–C) groups is 1. The lowest BCUT2D eigenvalue weighted by molar-refractivity contribution is 0.0999. The maximum absolute atomic E-state index is 12.9. The number of nitrogens with zero attached hydrogens (tertiary/aromatic N) is 2. The number of pyridine rings is 1. The zero-order chi connectivity index (χ0) is 12.5. The number of fused-ring (bicyclic) bond motifs is 1. The van der Waals surface area contributed by atoms with E-state index in [-0.39, 0.29) is 18.0 Å². The SMILES string of the molecule is O=C1CC(c2ccc(F)cc2)=Nc2ncccc21. The Morgan fingerprint density at radius 2 is 1.89 bits per heavy atom. The molecule has 0 aliphatic carbocycles. The molecule has 1 aliphatic heterocycles. The van der Waals surface area contributed by atoms with Gasteiger partial charge in [0.05, 0.1) is 17.7 Å². The molecule has 0 fully saturated rings. The van der Waals surface area contributed by atoms with E-state index in [1.54, 1.807) is 30.5 Å². The van der Waals surface area contributed by atoms with Crippen LogP contribution in [-0.4, -0.2) is 16.5 Å². The molecule has 4 heteroatoms. The van der Waals surface area contributed by atoms with Crippen LogP contribution >= 0.6 is 0 Å². The average Bonchev–Trinajstić information content (AvgIpc) is 2.39. The van der Waals surface area contributed by atoms with Crippen molar-refractivity contribution in [3.63, 3.8) is 0 Å². The quantitative estimate of drug-likeness (QED) is 0.769. The van der Waals surface area contributed by atoms with Crippen LogP contribution in [0.1, 0.15) is 22.3 Å². The van der Waals surface area contributed by atoms with Crippen molar-refractivity contribution in [3.8, 4) is 0 Å². The topological polar surface area (TPSA) is 42.3 Å². The zero-order valence-corrected chi connectivity index (χ0v) is 9.43. The first-order chi connectivity index (χ1) is 8.74. The Labute approximate surface area is 103 Å². The highest BCUT2D eigenvalue weighted by Crippen LogP contribution is 2.25. The summed E-state index contributed by atoms with van der Waals surface area (Å²) in [4.78, 5) is 20.4. The maximum Gasteiger partial charge on any atom is 0.172 e. The van der Waals surface area contributed by atoms with Crippen LogP contribution in [0.15, 0.2) is 47.6 Å². The third-order valence-corrected chi connectivity index (χ3v) is 2.83. The van der Waals surface area contributed by atoms with E-state index >= 15 is 0 Å². The predicted octanol–water partition coefficient (Wildman–Crippen LogP) is 2.93. The molecule has 2 aromatic rings. The van der Waals surface area contributed by atoms with E-state index in [0.717, 1.165) is 5.56 Å². The summed E-state index contributed by atoms with van der Waals surface area (Å²) in [7, 11) is 0. The summed E-state index contributed by atoms with van der Waals surface area (Å²) >= 11 is 0. The van der Waals surface area contributed by atoms with E-state index in [0.29, 0.717) is 17.1 Å². The smallest absolute Gasteiger partial charge is 0.172 e. The lowest BCUT2D eigenvalue weighted by Crippen LogP contribution is -2.14. The predicted molar refractivity (Wildman–Crippen MR) is 65.8 cm³/mol. The van der Waals surface area contributed by atoms with Gasteiger partial charge in [0.1, 0.15) is 5.82 Å². The number of Topliss-reactive ketones (excluding diaryl/α,β-unsaturated/α-hetero) is 1. The second-order valence-electron chi connectivity index (χ2n) is 4.04. The van der Waals surface area contributed by atoms with Crippen LogP contribution in [0, 0.1) is 5.82 Å². The van der Waals surface area contributed by atoms with Gasteiger partial charge in [-0.3, -0.25) is 4.79 Å². The number of hydrogen-bond acceptors (Lipinski definition) is 3. The molecule has 0 unspecified atom stereocenters. The summed E-state index contributed by atoms with van der Waals surface area (Å²) in [5.74, 6) is 0.125. The van der Waals surface area contributed by atoms with Gasteiger partial charge in [0.15, 0.2) is 11.6 Å². The third-order valence-electron chi connectivity index (χ3n) is 2.83. The van der Waals surface area contributed by atoms with E-state index < -0.39 is 0 Å². The lowest BCUT2D eigenvalue weighted by atomic mass is 9.98. The summed E-state index contributed by atoms with van der Waals surface area (Å²) in [6.45, 7) is 0. The first-order valence-electron chi connectivity index (χ1n) is 5.56. The lowest BCUT2D eigenvalue weighted by Gasteiger charge is -2.13. The van der Waals surface area contributed by atoms with Gasteiger partial charge in [0.25, 0.3) is 0 Å². The third kappa shape index (κ3) is 1.82. The second-order valence-corrected chi connectivity index (χ2v) is 4.04. The van der Waals surface area contributed by atoms with Crippen molar-refractivity contribution in [1.29, 1.82) is 0 Å². The van der Waals surface area contributed by atoms with Gasteiger partial charge in [0.2, 0.25) is 0 Å². The van der Waals surface area contributed by atoms with Crippen LogP contribution < -0.4 is 0 Å². The minimum absolute atomic E-state index is 0.00701. The zero-order valence-electron chi connectivity index (χ0n) is 9.43. The van der Waals surface area contributed by atoms with E-state index in [1.807, 2.05) is 0 Å². The number of aromatic nitrogens is 1. The van der Waals surface area contributed by atoms with E-state index in [4.69, 9.17) is 0 Å². The molecule has 1 aromatic heterocycles.